The van der Waals surface area contributed by atoms with Gasteiger partial charge in [0.25, 0.3) is 0 Å². The van der Waals surface area contributed by atoms with Gasteiger partial charge in [0, 0.05) is 12.4 Å². The summed E-state index contributed by atoms with van der Waals surface area (Å²) in [6, 6.07) is 3.33. The molecule has 1 aromatic rings. The van der Waals surface area contributed by atoms with Gasteiger partial charge < -0.3 is 4.74 Å². The molecule has 3 nitrogen and oxygen atoms in total. The number of ether oxygens (including phenoxy) is 1. The van der Waals surface area contributed by atoms with E-state index in [4.69, 9.17) is 4.74 Å². The maximum Gasteiger partial charge on any atom is 0.338 e. The number of aromatic nitrogens is 1. The fourth-order valence-electron chi connectivity index (χ4n) is 2.23. The van der Waals surface area contributed by atoms with E-state index in [1.54, 1.807) is 24.5 Å². The quantitative estimate of drug-likeness (QED) is 0.614. The average molecular weight is 257 g/mol. The second kappa shape index (κ2) is 5.83. The third-order valence-electron chi connectivity index (χ3n) is 3.59. The Morgan fingerprint density at radius 3 is 2.74 bits per heavy atom. The zero-order valence-corrected chi connectivity index (χ0v) is 11.4. The molecule has 1 aliphatic rings. The van der Waals surface area contributed by atoms with Crippen LogP contribution in [0.1, 0.15) is 37.0 Å². The lowest BCUT2D eigenvalue weighted by Crippen LogP contribution is -2.26. The standard InChI is InChI=1S/C16H19NO2/c1-11(2)14-5-4-12(3)15(10-14)19-16(18)13-6-8-17-9-7-13/h4,6-9,14-15H,1,5,10H2,2-3H3. The molecule has 0 bridgehead atoms. The highest BCUT2D eigenvalue weighted by Crippen LogP contribution is 2.30. The smallest absolute Gasteiger partial charge is 0.338 e. The fraction of sp³-hybridized carbons (Fsp3) is 0.375. The maximum absolute atomic E-state index is 12.0. The molecular weight excluding hydrogens is 238 g/mol. The predicted molar refractivity (Wildman–Crippen MR) is 74.7 cm³/mol. The lowest BCUT2D eigenvalue weighted by atomic mass is 9.84. The van der Waals surface area contributed by atoms with E-state index in [2.05, 4.69) is 17.6 Å². The highest BCUT2D eigenvalue weighted by atomic mass is 16.5. The molecule has 0 aliphatic heterocycles. The Balaban J connectivity index is 2.06. The molecular formula is C16H19NO2. The fourth-order valence-corrected chi connectivity index (χ4v) is 2.23. The van der Waals surface area contributed by atoms with Crippen LogP contribution in [0.5, 0.6) is 0 Å². The molecule has 0 saturated carbocycles. The van der Waals surface area contributed by atoms with E-state index in [-0.39, 0.29) is 12.1 Å². The van der Waals surface area contributed by atoms with Crippen molar-refractivity contribution in [3.05, 3.63) is 53.9 Å². The number of rotatable bonds is 3. The van der Waals surface area contributed by atoms with E-state index >= 15 is 0 Å². The van der Waals surface area contributed by atoms with Crippen LogP contribution in [0.4, 0.5) is 0 Å². The van der Waals surface area contributed by atoms with Crippen molar-refractivity contribution >= 4 is 5.97 Å². The van der Waals surface area contributed by atoms with Crippen LogP contribution in [0.2, 0.25) is 0 Å². The first-order valence-electron chi connectivity index (χ1n) is 6.51. The van der Waals surface area contributed by atoms with Gasteiger partial charge in [-0.1, -0.05) is 18.2 Å². The summed E-state index contributed by atoms with van der Waals surface area (Å²) in [5.41, 5.74) is 2.81. The van der Waals surface area contributed by atoms with E-state index in [1.165, 1.54) is 0 Å². The number of carbonyl (C=O) groups excluding carboxylic acids is 1. The van der Waals surface area contributed by atoms with E-state index in [1.807, 2.05) is 13.8 Å². The molecule has 0 amide bonds. The first-order valence-corrected chi connectivity index (χ1v) is 6.51. The van der Waals surface area contributed by atoms with Crippen molar-refractivity contribution in [1.82, 2.24) is 4.98 Å². The monoisotopic (exact) mass is 257 g/mol. The number of carbonyl (C=O) groups is 1. The highest BCUT2D eigenvalue weighted by Gasteiger charge is 2.25. The third kappa shape index (κ3) is 3.31. The normalized spacial score (nSPS) is 22.5. The molecule has 2 unspecified atom stereocenters. The van der Waals surface area contributed by atoms with Gasteiger partial charge in [-0.05, 0) is 50.3 Å². The van der Waals surface area contributed by atoms with Crippen molar-refractivity contribution < 1.29 is 9.53 Å². The van der Waals surface area contributed by atoms with Crippen molar-refractivity contribution in [2.24, 2.45) is 5.92 Å². The van der Waals surface area contributed by atoms with Gasteiger partial charge in [0.05, 0.1) is 5.56 Å². The Morgan fingerprint density at radius 1 is 1.42 bits per heavy atom. The second-order valence-electron chi connectivity index (χ2n) is 5.09. The van der Waals surface area contributed by atoms with Crippen LogP contribution in [-0.2, 0) is 4.74 Å². The first kappa shape index (κ1) is 13.5. The first-order chi connectivity index (χ1) is 9.08. The molecule has 0 fully saturated rings. The van der Waals surface area contributed by atoms with E-state index < -0.39 is 0 Å². The molecule has 3 heteroatoms. The molecule has 100 valence electrons. The van der Waals surface area contributed by atoms with Gasteiger partial charge in [-0.25, -0.2) is 4.79 Å². The summed E-state index contributed by atoms with van der Waals surface area (Å²) in [5, 5.41) is 0. The van der Waals surface area contributed by atoms with Crippen molar-refractivity contribution in [3.8, 4) is 0 Å². The minimum absolute atomic E-state index is 0.142. The second-order valence-corrected chi connectivity index (χ2v) is 5.09. The summed E-state index contributed by atoms with van der Waals surface area (Å²) in [7, 11) is 0. The van der Waals surface area contributed by atoms with Crippen molar-refractivity contribution in [2.45, 2.75) is 32.8 Å². The molecule has 1 aromatic heterocycles. The third-order valence-corrected chi connectivity index (χ3v) is 3.59. The SMILES string of the molecule is C=C(C)C1CC=C(C)C(OC(=O)c2ccncc2)C1. The van der Waals surface area contributed by atoms with Gasteiger partial charge in [0.15, 0.2) is 0 Å². The lowest BCUT2D eigenvalue weighted by molar-refractivity contribution is 0.0322. The van der Waals surface area contributed by atoms with Crippen LogP contribution in [0, 0.1) is 5.92 Å². The maximum atomic E-state index is 12.0. The van der Waals surface area contributed by atoms with Crippen LogP contribution in [0.25, 0.3) is 0 Å². The van der Waals surface area contributed by atoms with Gasteiger partial charge in [0.2, 0.25) is 0 Å². The van der Waals surface area contributed by atoms with Gasteiger partial charge in [-0.15, -0.1) is 0 Å². The number of hydrogen-bond donors (Lipinski definition) is 0. The predicted octanol–water partition coefficient (Wildman–Crippen LogP) is 3.54. The summed E-state index contributed by atoms with van der Waals surface area (Å²) >= 11 is 0. The molecule has 0 saturated heterocycles. The minimum Gasteiger partial charge on any atom is -0.454 e. The van der Waals surface area contributed by atoms with Crippen LogP contribution in [0.3, 0.4) is 0 Å². The summed E-state index contributed by atoms with van der Waals surface area (Å²) < 4.78 is 5.59. The van der Waals surface area contributed by atoms with Crippen LogP contribution < -0.4 is 0 Å². The Kier molecular flexibility index (Phi) is 4.15. The molecule has 2 atom stereocenters. The highest BCUT2D eigenvalue weighted by molar-refractivity contribution is 5.89. The van der Waals surface area contributed by atoms with Crippen LogP contribution in [-0.4, -0.2) is 17.1 Å². The van der Waals surface area contributed by atoms with E-state index in [9.17, 15) is 4.79 Å². The number of pyridine rings is 1. The van der Waals surface area contributed by atoms with Gasteiger partial charge in [-0.3, -0.25) is 4.98 Å². The average Bonchev–Trinajstić information content (AvgIpc) is 2.42. The van der Waals surface area contributed by atoms with Crippen LogP contribution in [0.15, 0.2) is 48.3 Å². The van der Waals surface area contributed by atoms with Gasteiger partial charge in [0.1, 0.15) is 6.10 Å². The molecule has 0 aromatic carbocycles. The molecule has 1 heterocycles. The molecule has 0 radical (unpaired) electrons. The topological polar surface area (TPSA) is 39.2 Å². The molecule has 0 spiro atoms. The molecule has 2 rings (SSSR count). The zero-order chi connectivity index (χ0) is 13.8. The van der Waals surface area contributed by atoms with Crippen molar-refractivity contribution in [3.63, 3.8) is 0 Å². The Bertz CT molecular complexity index is 505. The van der Waals surface area contributed by atoms with Gasteiger partial charge in [-0.2, -0.15) is 0 Å². The Morgan fingerprint density at radius 2 is 2.11 bits per heavy atom. The number of esters is 1. The summed E-state index contributed by atoms with van der Waals surface area (Å²) in [4.78, 5) is 15.9. The lowest BCUT2D eigenvalue weighted by Gasteiger charge is -2.28. The van der Waals surface area contributed by atoms with Crippen LogP contribution >= 0.6 is 0 Å². The summed E-state index contributed by atoms with van der Waals surface area (Å²) in [6.45, 7) is 8.04. The Labute approximate surface area is 114 Å². The minimum atomic E-state index is -0.289. The Hall–Kier alpha value is -1.90. The van der Waals surface area contributed by atoms with Gasteiger partial charge >= 0.3 is 5.97 Å². The largest absolute Gasteiger partial charge is 0.454 e. The number of allylic oxidation sites excluding steroid dienone is 2. The zero-order valence-electron chi connectivity index (χ0n) is 11.4. The number of hydrogen-bond acceptors (Lipinski definition) is 3. The summed E-state index contributed by atoms with van der Waals surface area (Å²) in [5.74, 6) is 0.112. The molecule has 0 N–H and O–H groups in total. The van der Waals surface area contributed by atoms with Crippen molar-refractivity contribution in [1.29, 1.82) is 0 Å². The molecule has 19 heavy (non-hydrogen) atoms. The van der Waals surface area contributed by atoms with E-state index in [0.29, 0.717) is 11.5 Å². The number of nitrogens with zero attached hydrogens (tertiary/aromatic N) is 1. The summed E-state index contributed by atoms with van der Waals surface area (Å²) in [6.07, 6.45) is 7.01. The molecule has 1 aliphatic carbocycles. The van der Waals surface area contributed by atoms with Crippen molar-refractivity contribution in [2.75, 3.05) is 0 Å². The van der Waals surface area contributed by atoms with E-state index in [0.717, 1.165) is 24.0 Å².